The van der Waals surface area contributed by atoms with Crippen molar-refractivity contribution in [3.05, 3.63) is 35.4 Å². The van der Waals surface area contributed by atoms with Crippen LogP contribution in [0.4, 0.5) is 0 Å². The van der Waals surface area contributed by atoms with Gasteiger partial charge in [0, 0.05) is 19.5 Å². The van der Waals surface area contributed by atoms with E-state index in [2.05, 4.69) is 0 Å². The molecule has 0 saturated heterocycles. The summed E-state index contributed by atoms with van der Waals surface area (Å²) in [6.45, 7) is 0.852. The molecule has 6 heteroatoms. The molecule has 0 fully saturated rings. The van der Waals surface area contributed by atoms with Crippen molar-refractivity contribution in [3.63, 3.8) is 0 Å². The molecule has 1 aromatic rings. The second-order valence-electron chi connectivity index (χ2n) is 4.27. The molecule has 18 heavy (non-hydrogen) atoms. The number of carbonyl (C=O) groups excluding carboxylic acids is 1. The lowest BCUT2D eigenvalue weighted by atomic mass is 10.0. The largest absolute Gasteiger partial charge is 0.281 e. The highest BCUT2D eigenvalue weighted by Crippen LogP contribution is 2.21. The molecule has 4 nitrogen and oxygen atoms in total. The molecule has 2 rings (SSSR count). The molecule has 0 aromatic heterocycles. The Kier molecular flexibility index (Phi) is 4.04. The molecule has 98 valence electrons. The number of carbonyl (C=O) groups is 1. The zero-order chi connectivity index (χ0) is 13.2. The van der Waals surface area contributed by atoms with Gasteiger partial charge in [-0.1, -0.05) is 24.3 Å². The second kappa shape index (κ2) is 5.38. The van der Waals surface area contributed by atoms with E-state index in [0.717, 1.165) is 5.56 Å². The standard InChI is InChI=1S/C12H14ClNO3S/c13-12(15)6-8-18(16,17)14-7-5-10-3-1-2-4-11(10)9-14/h1-4H,5-9H2. The SMILES string of the molecule is O=C(Cl)CCS(=O)(=O)N1CCc2ccccc2C1. The summed E-state index contributed by atoms with van der Waals surface area (Å²) < 4.78 is 25.5. The molecule has 0 aliphatic carbocycles. The molecule has 1 aromatic carbocycles. The number of nitrogens with zero attached hydrogens (tertiary/aromatic N) is 1. The lowest BCUT2D eigenvalue weighted by Crippen LogP contribution is -2.37. The minimum absolute atomic E-state index is 0.137. The number of hydrogen-bond acceptors (Lipinski definition) is 3. The van der Waals surface area contributed by atoms with Crippen LogP contribution in [0.5, 0.6) is 0 Å². The van der Waals surface area contributed by atoms with Gasteiger partial charge < -0.3 is 0 Å². The van der Waals surface area contributed by atoms with Crippen LogP contribution in [0.15, 0.2) is 24.3 Å². The van der Waals surface area contributed by atoms with Crippen LogP contribution >= 0.6 is 11.6 Å². The van der Waals surface area contributed by atoms with Crippen LogP contribution in [0.3, 0.4) is 0 Å². The third-order valence-electron chi connectivity index (χ3n) is 3.05. The lowest BCUT2D eigenvalue weighted by Gasteiger charge is -2.27. The van der Waals surface area contributed by atoms with Gasteiger partial charge in [0.15, 0.2) is 0 Å². The zero-order valence-corrected chi connectivity index (χ0v) is 11.4. The fraction of sp³-hybridized carbons (Fsp3) is 0.417. The van der Waals surface area contributed by atoms with E-state index in [1.54, 1.807) is 0 Å². The van der Waals surface area contributed by atoms with Gasteiger partial charge in [0.2, 0.25) is 15.3 Å². The normalized spacial score (nSPS) is 16.3. The number of halogens is 1. The van der Waals surface area contributed by atoms with Gasteiger partial charge in [-0.15, -0.1) is 0 Å². The number of sulfonamides is 1. The minimum atomic E-state index is -3.39. The molecule has 1 aliphatic rings. The summed E-state index contributed by atoms with van der Waals surface area (Å²) in [5.41, 5.74) is 2.22. The molecule has 0 radical (unpaired) electrons. The Bertz CT molecular complexity index is 556. The molecule has 1 heterocycles. The summed E-state index contributed by atoms with van der Waals surface area (Å²) in [6.07, 6.45) is 0.576. The average molecular weight is 288 g/mol. The second-order valence-corrected chi connectivity index (χ2v) is 6.78. The lowest BCUT2D eigenvalue weighted by molar-refractivity contribution is -0.111. The van der Waals surface area contributed by atoms with Gasteiger partial charge >= 0.3 is 0 Å². The third kappa shape index (κ3) is 3.10. The van der Waals surface area contributed by atoms with Crippen molar-refractivity contribution >= 4 is 26.9 Å². The molecule has 0 atom stereocenters. The average Bonchev–Trinajstić information content (AvgIpc) is 2.36. The maximum absolute atomic E-state index is 12.0. The van der Waals surface area contributed by atoms with Crippen LogP contribution < -0.4 is 0 Å². The number of fused-ring (bicyclic) bond motifs is 1. The van der Waals surface area contributed by atoms with E-state index < -0.39 is 15.3 Å². The molecule has 1 aliphatic heterocycles. The highest BCUT2D eigenvalue weighted by Gasteiger charge is 2.26. The first-order valence-electron chi connectivity index (χ1n) is 5.72. The predicted molar refractivity (Wildman–Crippen MR) is 69.8 cm³/mol. The summed E-state index contributed by atoms with van der Waals surface area (Å²) >= 11 is 5.18. The maximum Gasteiger partial charge on any atom is 0.222 e. The van der Waals surface area contributed by atoms with Crippen molar-refractivity contribution in [2.45, 2.75) is 19.4 Å². The fourth-order valence-corrected chi connectivity index (χ4v) is 3.66. The number of rotatable bonds is 4. The molecule has 0 spiro atoms. The van der Waals surface area contributed by atoms with Crippen molar-refractivity contribution in [1.82, 2.24) is 4.31 Å². The van der Waals surface area contributed by atoms with Gasteiger partial charge in [-0.25, -0.2) is 8.42 Å². The Morgan fingerprint density at radius 2 is 1.94 bits per heavy atom. The van der Waals surface area contributed by atoms with Crippen molar-refractivity contribution in [2.24, 2.45) is 0 Å². The van der Waals surface area contributed by atoms with Crippen molar-refractivity contribution < 1.29 is 13.2 Å². The van der Waals surface area contributed by atoms with Crippen LogP contribution in [-0.4, -0.2) is 30.3 Å². The minimum Gasteiger partial charge on any atom is -0.281 e. The van der Waals surface area contributed by atoms with Crippen molar-refractivity contribution in [2.75, 3.05) is 12.3 Å². The quantitative estimate of drug-likeness (QED) is 0.789. The van der Waals surface area contributed by atoms with Crippen LogP contribution in [0.25, 0.3) is 0 Å². The van der Waals surface area contributed by atoms with Gasteiger partial charge in [-0.3, -0.25) is 4.79 Å². The summed E-state index contributed by atoms with van der Waals surface area (Å²) in [5, 5.41) is -0.615. The summed E-state index contributed by atoms with van der Waals surface area (Å²) in [4.78, 5) is 10.7. The molecule has 0 N–H and O–H groups in total. The van der Waals surface area contributed by atoms with E-state index in [9.17, 15) is 13.2 Å². The molecule has 0 saturated carbocycles. The van der Waals surface area contributed by atoms with E-state index in [0.29, 0.717) is 19.5 Å². The zero-order valence-electron chi connectivity index (χ0n) is 9.80. The van der Waals surface area contributed by atoms with Crippen molar-refractivity contribution in [3.8, 4) is 0 Å². The molecule has 0 bridgehead atoms. The van der Waals surface area contributed by atoms with E-state index in [4.69, 9.17) is 11.6 Å². The monoisotopic (exact) mass is 287 g/mol. The molecule has 0 unspecified atom stereocenters. The van der Waals surface area contributed by atoms with Gasteiger partial charge in [-0.05, 0) is 29.1 Å². The van der Waals surface area contributed by atoms with E-state index >= 15 is 0 Å². The summed E-state index contributed by atoms with van der Waals surface area (Å²) in [6, 6.07) is 7.80. The molecule has 0 amide bonds. The van der Waals surface area contributed by atoms with Crippen LogP contribution in [0.1, 0.15) is 17.5 Å². The van der Waals surface area contributed by atoms with Gasteiger partial charge in [0.05, 0.1) is 5.75 Å². The van der Waals surface area contributed by atoms with E-state index in [1.807, 2.05) is 24.3 Å². The predicted octanol–water partition coefficient (Wildman–Crippen LogP) is 1.53. The first-order chi connectivity index (χ1) is 8.49. The third-order valence-corrected chi connectivity index (χ3v) is 5.05. The Morgan fingerprint density at radius 3 is 2.61 bits per heavy atom. The van der Waals surface area contributed by atoms with Crippen LogP contribution in [0.2, 0.25) is 0 Å². The maximum atomic E-state index is 12.0. The first-order valence-corrected chi connectivity index (χ1v) is 7.71. The Labute approximate surface area is 112 Å². The smallest absolute Gasteiger partial charge is 0.222 e. The van der Waals surface area contributed by atoms with Gasteiger partial charge in [0.1, 0.15) is 0 Å². The van der Waals surface area contributed by atoms with E-state index in [-0.39, 0.29) is 12.2 Å². The Balaban J connectivity index is 2.11. The highest BCUT2D eigenvalue weighted by molar-refractivity contribution is 7.89. The molecular weight excluding hydrogens is 274 g/mol. The van der Waals surface area contributed by atoms with Crippen molar-refractivity contribution in [1.29, 1.82) is 0 Å². The summed E-state index contributed by atoms with van der Waals surface area (Å²) in [5.74, 6) is -0.211. The Hall–Kier alpha value is -0.910. The number of hydrogen-bond donors (Lipinski definition) is 0. The molecular formula is C12H14ClNO3S. The fourth-order valence-electron chi connectivity index (χ4n) is 2.05. The van der Waals surface area contributed by atoms with E-state index in [1.165, 1.54) is 9.87 Å². The topological polar surface area (TPSA) is 54.5 Å². The van der Waals surface area contributed by atoms with Crippen LogP contribution in [-0.2, 0) is 27.8 Å². The van der Waals surface area contributed by atoms with Crippen LogP contribution in [0, 0.1) is 0 Å². The Morgan fingerprint density at radius 1 is 1.28 bits per heavy atom. The first kappa shape index (κ1) is 13.5. The highest BCUT2D eigenvalue weighted by atomic mass is 35.5. The van der Waals surface area contributed by atoms with Gasteiger partial charge in [0.25, 0.3) is 0 Å². The van der Waals surface area contributed by atoms with Gasteiger partial charge in [-0.2, -0.15) is 4.31 Å². The number of benzene rings is 1. The summed E-state index contributed by atoms with van der Waals surface area (Å²) in [7, 11) is -3.39.